The second kappa shape index (κ2) is 3.27. The third-order valence-electron chi connectivity index (χ3n) is 1.86. The van der Waals surface area contributed by atoms with Gasteiger partial charge in [0.05, 0.1) is 0 Å². The molecule has 0 saturated heterocycles. The van der Waals surface area contributed by atoms with E-state index in [2.05, 4.69) is 4.74 Å². The molecule has 0 N–H and O–H groups in total. The molecule has 0 unspecified atom stereocenters. The van der Waals surface area contributed by atoms with Crippen molar-refractivity contribution >= 4 is 6.47 Å². The zero-order valence-electron chi connectivity index (χ0n) is 6.86. The van der Waals surface area contributed by atoms with Crippen LogP contribution in [0.2, 0.25) is 0 Å². The van der Waals surface area contributed by atoms with Crippen LogP contribution in [-0.2, 0) is 4.79 Å². The van der Waals surface area contributed by atoms with Crippen molar-refractivity contribution in [1.82, 2.24) is 0 Å². The number of rotatable bonds is 2. The van der Waals surface area contributed by atoms with E-state index in [1.54, 1.807) is 12.1 Å². The number of ether oxygens (including phenoxy) is 1. The Morgan fingerprint density at radius 3 is 2.15 bits per heavy atom. The molecule has 13 heavy (non-hydrogen) atoms. The van der Waals surface area contributed by atoms with Gasteiger partial charge in [0.15, 0.2) is 0 Å². The summed E-state index contributed by atoms with van der Waals surface area (Å²) in [5.41, 5.74) is 2.10. The summed E-state index contributed by atoms with van der Waals surface area (Å²) in [5.74, 6) is 0.538. The predicted octanol–water partition coefficient (Wildman–Crippen LogP) is 2.24. The largest absolute Gasteiger partial charge is 0.423 e. The topological polar surface area (TPSA) is 26.3 Å². The first-order chi connectivity index (χ1) is 6.40. The summed E-state index contributed by atoms with van der Waals surface area (Å²) in [6, 6.07) is 13.4. The van der Waals surface area contributed by atoms with Gasteiger partial charge in [0.2, 0.25) is 0 Å². The molecule has 2 rings (SSSR count). The van der Waals surface area contributed by atoms with Crippen LogP contribution in [0.4, 0.5) is 0 Å². The fraction of sp³-hybridized carbons (Fsp3) is 0. The molecule has 0 fully saturated rings. The Balaban J connectivity index is 2.50. The summed E-state index contributed by atoms with van der Waals surface area (Å²) in [5, 5.41) is 0. The van der Waals surface area contributed by atoms with Gasteiger partial charge in [0.25, 0.3) is 0 Å². The van der Waals surface area contributed by atoms with Crippen molar-refractivity contribution in [1.29, 1.82) is 0 Å². The zero-order valence-corrected chi connectivity index (χ0v) is 6.86. The second-order valence-corrected chi connectivity index (χ2v) is 2.70. The van der Waals surface area contributed by atoms with Gasteiger partial charge in [0.1, 0.15) is 5.75 Å². The Kier molecular flexibility index (Phi) is 1.96. The van der Waals surface area contributed by atoms with Crippen LogP contribution in [0.3, 0.4) is 0 Å². The van der Waals surface area contributed by atoms with Gasteiger partial charge in [-0.2, -0.15) is 0 Å². The van der Waals surface area contributed by atoms with Gasteiger partial charge >= 0.3 is 6.47 Å². The van der Waals surface area contributed by atoms with E-state index in [-0.39, 0.29) is 0 Å². The summed E-state index contributed by atoms with van der Waals surface area (Å²) in [4.78, 5) is 9.97. The van der Waals surface area contributed by atoms with Crippen LogP contribution in [0.25, 0.3) is 11.1 Å². The van der Waals surface area contributed by atoms with E-state index < -0.39 is 0 Å². The van der Waals surface area contributed by atoms with Crippen LogP contribution < -0.4 is 4.74 Å². The average Bonchev–Trinajstić information content (AvgIpc) is 2.37. The van der Waals surface area contributed by atoms with Crippen molar-refractivity contribution in [2.75, 3.05) is 0 Å². The maximum absolute atomic E-state index is 9.97. The summed E-state index contributed by atoms with van der Waals surface area (Å²) < 4.78 is 4.62. The van der Waals surface area contributed by atoms with Gasteiger partial charge < -0.3 is 4.74 Å². The summed E-state index contributed by atoms with van der Waals surface area (Å²) >= 11 is 0. The van der Waals surface area contributed by atoms with Gasteiger partial charge in [-0.05, 0) is 23.3 Å². The third-order valence-corrected chi connectivity index (χ3v) is 1.86. The van der Waals surface area contributed by atoms with Crippen LogP contribution in [0, 0.1) is 0 Å². The Morgan fingerprint density at radius 2 is 1.62 bits per heavy atom. The molecule has 2 aliphatic carbocycles. The standard InChI is InChI=1S/C11H7O2/c12-8-13-11-6-9-4-2-1-3-5-10(9)7-11/h1-7H. The highest BCUT2D eigenvalue weighted by Gasteiger charge is 2.04. The van der Waals surface area contributed by atoms with E-state index in [0.29, 0.717) is 5.75 Å². The van der Waals surface area contributed by atoms with Gasteiger partial charge in [-0.15, -0.1) is 0 Å². The number of hydrogen-bond donors (Lipinski definition) is 0. The minimum atomic E-state index is 0.538. The number of carbonyl (C=O) groups excluding carboxylic acids is 1. The molecule has 0 heterocycles. The van der Waals surface area contributed by atoms with Gasteiger partial charge in [0, 0.05) is 0 Å². The van der Waals surface area contributed by atoms with Crippen molar-refractivity contribution in [2.45, 2.75) is 0 Å². The maximum atomic E-state index is 9.97. The molecule has 0 atom stereocenters. The molecule has 0 aromatic rings. The van der Waals surface area contributed by atoms with E-state index in [0.717, 1.165) is 11.1 Å². The summed E-state index contributed by atoms with van der Waals surface area (Å²) in [7, 11) is 0. The predicted molar refractivity (Wildman–Crippen MR) is 49.4 cm³/mol. The molecule has 2 nitrogen and oxygen atoms in total. The molecule has 0 saturated carbocycles. The third kappa shape index (κ3) is 1.51. The lowest BCUT2D eigenvalue weighted by molar-refractivity contribution is 0.443. The monoisotopic (exact) mass is 171 g/mol. The Morgan fingerprint density at radius 1 is 1.00 bits per heavy atom. The Hall–Kier alpha value is -1.83. The highest BCUT2D eigenvalue weighted by atomic mass is 16.5. The van der Waals surface area contributed by atoms with Crippen molar-refractivity contribution in [3.8, 4) is 16.9 Å². The molecule has 2 aliphatic rings. The fourth-order valence-electron chi connectivity index (χ4n) is 1.29. The normalized spacial score (nSPS) is 9.85. The Labute approximate surface area is 76.1 Å². The van der Waals surface area contributed by atoms with E-state index in [4.69, 9.17) is 0 Å². The highest BCUT2D eigenvalue weighted by molar-refractivity contribution is 5.71. The summed E-state index contributed by atoms with van der Waals surface area (Å²) in [6.07, 6.45) is 0. The number of hydrogen-bond acceptors (Lipinski definition) is 2. The van der Waals surface area contributed by atoms with Crippen molar-refractivity contribution < 1.29 is 9.53 Å². The first-order valence-corrected chi connectivity index (χ1v) is 3.93. The molecule has 2 heteroatoms. The maximum Gasteiger partial charge on any atom is 0.423 e. The molecule has 0 spiro atoms. The van der Waals surface area contributed by atoms with Crippen molar-refractivity contribution in [2.24, 2.45) is 0 Å². The van der Waals surface area contributed by atoms with E-state index in [9.17, 15) is 4.79 Å². The fourth-order valence-corrected chi connectivity index (χ4v) is 1.29. The highest BCUT2D eigenvalue weighted by Crippen LogP contribution is 2.29. The lowest BCUT2D eigenvalue weighted by atomic mass is 10.2. The quantitative estimate of drug-likeness (QED) is 0.692. The number of fused-ring (bicyclic) bond motifs is 1. The zero-order chi connectivity index (χ0) is 9.10. The molecule has 1 radical (unpaired) electrons. The van der Waals surface area contributed by atoms with Crippen LogP contribution in [0.1, 0.15) is 0 Å². The van der Waals surface area contributed by atoms with Gasteiger partial charge in [-0.3, -0.25) is 0 Å². The lowest BCUT2D eigenvalue weighted by Crippen LogP contribution is -1.83. The Bertz CT molecular complexity index is 365. The van der Waals surface area contributed by atoms with E-state index >= 15 is 0 Å². The first kappa shape index (κ1) is 7.80. The van der Waals surface area contributed by atoms with Crippen molar-refractivity contribution in [3.05, 3.63) is 42.5 Å². The molecule has 0 amide bonds. The molecular weight excluding hydrogens is 164 g/mol. The molecule has 0 bridgehead atoms. The molecule has 0 aromatic heterocycles. The van der Waals surface area contributed by atoms with Crippen LogP contribution in [-0.4, -0.2) is 6.47 Å². The van der Waals surface area contributed by atoms with Crippen LogP contribution in [0.5, 0.6) is 5.75 Å². The van der Waals surface area contributed by atoms with Gasteiger partial charge in [-0.25, -0.2) is 4.79 Å². The average molecular weight is 171 g/mol. The first-order valence-electron chi connectivity index (χ1n) is 3.93. The van der Waals surface area contributed by atoms with E-state index in [1.807, 2.05) is 30.3 Å². The van der Waals surface area contributed by atoms with Crippen LogP contribution >= 0.6 is 0 Å². The smallest absolute Gasteiger partial charge is 0.418 e. The molecule has 0 aromatic carbocycles. The lowest BCUT2D eigenvalue weighted by Gasteiger charge is -1.85. The minimum absolute atomic E-state index is 0.538. The SMILES string of the molecule is O=[C]Oc1cc2cccccc-2c1. The second-order valence-electron chi connectivity index (χ2n) is 2.70. The van der Waals surface area contributed by atoms with Gasteiger partial charge in [-0.1, -0.05) is 30.3 Å². The minimum Gasteiger partial charge on any atom is -0.418 e. The molecule has 63 valence electrons. The van der Waals surface area contributed by atoms with Crippen LogP contribution in [0.15, 0.2) is 42.5 Å². The molecular formula is C11H7O2. The molecule has 0 aliphatic heterocycles. The van der Waals surface area contributed by atoms with Crippen molar-refractivity contribution in [3.63, 3.8) is 0 Å². The summed E-state index contributed by atoms with van der Waals surface area (Å²) in [6.45, 7) is 1.40. The van der Waals surface area contributed by atoms with E-state index in [1.165, 1.54) is 6.47 Å².